The lowest BCUT2D eigenvalue weighted by atomic mass is 10.0. The van der Waals surface area contributed by atoms with Crippen LogP contribution in [-0.4, -0.2) is 75.4 Å². The van der Waals surface area contributed by atoms with Crippen molar-refractivity contribution < 1.29 is 27.2 Å². The first-order valence-electron chi connectivity index (χ1n) is 14.1. The zero-order valence-corrected chi connectivity index (χ0v) is 25.1. The minimum atomic E-state index is -4.73. The lowest BCUT2D eigenvalue weighted by Crippen LogP contribution is -2.58. The number of amides is 2. The number of furan rings is 1. The standard InChI is InChI=1S/C30H36F3N5O3S/c1-20-19-36(26(39)25-10-9-15-41-25)21(2)18-35(20)13-7-5-6-8-14-37-28(42)38(27(40)29(37,3)4)23-12-11-22(17-34)24(16-23)30(31,32)33/h9-12,15-16,20-21H,5-8,13-14,18-19H2,1-4H3/t20-,21+/m1/s1. The average Bonchev–Trinajstić information content (AvgIpc) is 3.53. The van der Waals surface area contributed by atoms with Gasteiger partial charge in [-0.15, -0.1) is 0 Å². The number of nitrogens with zero attached hydrogens (tertiary/aromatic N) is 5. The van der Waals surface area contributed by atoms with Crippen molar-refractivity contribution in [2.75, 3.05) is 31.1 Å². The molecule has 0 bridgehead atoms. The van der Waals surface area contributed by atoms with Crippen LogP contribution < -0.4 is 4.90 Å². The van der Waals surface area contributed by atoms with E-state index in [9.17, 15) is 22.8 Å². The molecule has 226 valence electrons. The SMILES string of the molecule is C[C@@H]1CN(C(=O)c2ccco2)[C@@H](C)CN1CCCCCCN1C(=S)N(c2ccc(C#N)c(C(F)(F)F)c2)C(=O)C1(C)C. The quantitative estimate of drug-likeness (QED) is 0.270. The zero-order valence-electron chi connectivity index (χ0n) is 24.3. The summed E-state index contributed by atoms with van der Waals surface area (Å²) in [5.74, 6) is -0.132. The van der Waals surface area contributed by atoms with Gasteiger partial charge in [0, 0.05) is 31.7 Å². The third kappa shape index (κ3) is 6.32. The molecular formula is C30H36F3N5O3S. The van der Waals surface area contributed by atoms with Gasteiger partial charge in [-0.2, -0.15) is 18.4 Å². The fourth-order valence-corrected chi connectivity index (χ4v) is 6.22. The number of carbonyl (C=O) groups excluding carboxylic acids is 2. The number of hydrogen-bond acceptors (Lipinski definition) is 6. The number of halogens is 3. The van der Waals surface area contributed by atoms with Gasteiger partial charge in [0.15, 0.2) is 10.9 Å². The van der Waals surface area contributed by atoms with Gasteiger partial charge in [0.05, 0.1) is 29.1 Å². The minimum absolute atomic E-state index is 0.00112. The average molecular weight is 604 g/mol. The summed E-state index contributed by atoms with van der Waals surface area (Å²) in [6, 6.07) is 8.47. The van der Waals surface area contributed by atoms with Crippen LogP contribution in [0.5, 0.6) is 0 Å². The summed E-state index contributed by atoms with van der Waals surface area (Å²) in [6.45, 7) is 10.4. The van der Waals surface area contributed by atoms with Crippen molar-refractivity contribution >= 4 is 34.8 Å². The van der Waals surface area contributed by atoms with Gasteiger partial charge in [-0.25, -0.2) is 0 Å². The molecule has 0 aliphatic carbocycles. The summed E-state index contributed by atoms with van der Waals surface area (Å²) in [4.78, 5) is 33.2. The number of nitriles is 1. The van der Waals surface area contributed by atoms with Crippen LogP contribution in [-0.2, 0) is 11.0 Å². The van der Waals surface area contributed by atoms with Crippen molar-refractivity contribution in [2.45, 2.75) is 77.2 Å². The molecule has 2 atom stereocenters. The van der Waals surface area contributed by atoms with Gasteiger partial charge in [0.25, 0.3) is 11.8 Å². The monoisotopic (exact) mass is 603 g/mol. The molecule has 2 saturated heterocycles. The fourth-order valence-electron chi connectivity index (χ4n) is 5.71. The number of alkyl halides is 3. The molecule has 0 unspecified atom stereocenters. The van der Waals surface area contributed by atoms with E-state index in [1.165, 1.54) is 12.3 Å². The van der Waals surface area contributed by atoms with E-state index in [1.54, 1.807) is 36.9 Å². The molecule has 4 rings (SSSR count). The number of anilines is 1. The molecule has 0 radical (unpaired) electrons. The molecule has 3 heterocycles. The first-order chi connectivity index (χ1) is 19.8. The molecule has 0 N–H and O–H groups in total. The van der Waals surface area contributed by atoms with Crippen LogP contribution in [0.1, 0.15) is 75.1 Å². The van der Waals surface area contributed by atoms with E-state index >= 15 is 0 Å². The van der Waals surface area contributed by atoms with Gasteiger partial charge in [-0.1, -0.05) is 12.8 Å². The molecule has 12 heteroatoms. The van der Waals surface area contributed by atoms with Crippen molar-refractivity contribution in [1.29, 1.82) is 5.26 Å². The van der Waals surface area contributed by atoms with Crippen LogP contribution in [0, 0.1) is 11.3 Å². The molecular weight excluding hydrogens is 567 g/mol. The maximum atomic E-state index is 13.5. The maximum Gasteiger partial charge on any atom is 0.417 e. The van der Waals surface area contributed by atoms with E-state index in [0.717, 1.165) is 55.8 Å². The molecule has 2 aliphatic heterocycles. The number of thiocarbonyl (C=S) groups is 1. The minimum Gasteiger partial charge on any atom is -0.459 e. The predicted molar refractivity (Wildman–Crippen MR) is 156 cm³/mol. The van der Waals surface area contributed by atoms with E-state index in [4.69, 9.17) is 21.9 Å². The Balaban J connectivity index is 1.27. The van der Waals surface area contributed by atoms with Gasteiger partial charge >= 0.3 is 6.18 Å². The van der Waals surface area contributed by atoms with Gasteiger partial charge in [0.1, 0.15) is 5.54 Å². The Hall–Kier alpha value is -3.43. The molecule has 2 aliphatic rings. The highest BCUT2D eigenvalue weighted by atomic mass is 32.1. The highest BCUT2D eigenvalue weighted by molar-refractivity contribution is 7.80. The van der Waals surface area contributed by atoms with Crippen molar-refractivity contribution in [1.82, 2.24) is 14.7 Å². The summed E-state index contributed by atoms with van der Waals surface area (Å²) in [5, 5.41) is 9.26. The van der Waals surface area contributed by atoms with Crippen LogP contribution >= 0.6 is 12.2 Å². The second-order valence-electron chi connectivity index (χ2n) is 11.5. The number of rotatable bonds is 9. The highest BCUT2D eigenvalue weighted by Crippen LogP contribution is 2.38. The van der Waals surface area contributed by atoms with Crippen molar-refractivity contribution in [3.8, 4) is 6.07 Å². The second-order valence-corrected chi connectivity index (χ2v) is 11.9. The summed E-state index contributed by atoms with van der Waals surface area (Å²) < 4.78 is 45.9. The zero-order chi connectivity index (χ0) is 30.8. The first-order valence-corrected chi connectivity index (χ1v) is 14.5. The van der Waals surface area contributed by atoms with Crippen LogP contribution in [0.2, 0.25) is 0 Å². The van der Waals surface area contributed by atoms with Crippen LogP contribution in [0.15, 0.2) is 41.0 Å². The number of carbonyl (C=O) groups is 2. The van der Waals surface area contributed by atoms with E-state index in [0.29, 0.717) is 18.8 Å². The highest BCUT2D eigenvalue weighted by Gasteiger charge is 2.49. The Kier molecular flexibility index (Phi) is 9.33. The Morgan fingerprint density at radius 1 is 1.10 bits per heavy atom. The molecule has 2 amide bonds. The summed E-state index contributed by atoms with van der Waals surface area (Å²) in [5.41, 5.74) is -2.61. The summed E-state index contributed by atoms with van der Waals surface area (Å²) >= 11 is 5.58. The van der Waals surface area contributed by atoms with E-state index < -0.39 is 28.7 Å². The van der Waals surface area contributed by atoms with Gasteiger partial charge in [-0.05, 0) is 89.6 Å². The lowest BCUT2D eigenvalue weighted by molar-refractivity contribution is -0.137. The Morgan fingerprint density at radius 2 is 1.79 bits per heavy atom. The number of unbranched alkanes of at least 4 members (excludes halogenated alkanes) is 3. The Labute approximate surface area is 249 Å². The first kappa shape index (κ1) is 31.5. The number of hydrogen-bond donors (Lipinski definition) is 0. The topological polar surface area (TPSA) is 84.0 Å². The molecule has 1 aromatic carbocycles. The molecule has 2 aromatic rings. The molecule has 0 saturated carbocycles. The van der Waals surface area contributed by atoms with Gasteiger partial charge in [-0.3, -0.25) is 19.4 Å². The Bertz CT molecular complexity index is 1350. The van der Waals surface area contributed by atoms with Gasteiger partial charge in [0.2, 0.25) is 0 Å². The largest absolute Gasteiger partial charge is 0.459 e. The van der Waals surface area contributed by atoms with Crippen LogP contribution in [0.4, 0.5) is 18.9 Å². The summed E-state index contributed by atoms with van der Waals surface area (Å²) in [6.07, 6.45) is 0.389. The van der Waals surface area contributed by atoms with Crippen molar-refractivity contribution in [3.63, 3.8) is 0 Å². The number of piperazine rings is 1. The van der Waals surface area contributed by atoms with Crippen LogP contribution in [0.3, 0.4) is 0 Å². The third-order valence-corrected chi connectivity index (χ3v) is 8.60. The van der Waals surface area contributed by atoms with E-state index in [1.807, 2.05) is 11.8 Å². The molecule has 0 spiro atoms. The maximum absolute atomic E-state index is 13.5. The molecule has 2 fully saturated rings. The van der Waals surface area contributed by atoms with Crippen molar-refractivity contribution in [2.24, 2.45) is 0 Å². The molecule has 1 aromatic heterocycles. The smallest absolute Gasteiger partial charge is 0.417 e. The summed E-state index contributed by atoms with van der Waals surface area (Å²) in [7, 11) is 0. The molecule has 8 nitrogen and oxygen atoms in total. The number of benzene rings is 1. The fraction of sp³-hybridized carbons (Fsp3) is 0.533. The van der Waals surface area contributed by atoms with Crippen molar-refractivity contribution in [3.05, 3.63) is 53.5 Å². The predicted octanol–water partition coefficient (Wildman–Crippen LogP) is 5.68. The normalized spacial score (nSPS) is 21.2. The van der Waals surface area contributed by atoms with Gasteiger partial charge < -0.3 is 14.2 Å². The lowest BCUT2D eigenvalue weighted by Gasteiger charge is -2.44. The Morgan fingerprint density at radius 3 is 2.40 bits per heavy atom. The van der Waals surface area contributed by atoms with Crippen LogP contribution in [0.25, 0.3) is 0 Å². The second kappa shape index (κ2) is 12.4. The van der Waals surface area contributed by atoms with E-state index in [2.05, 4.69) is 11.8 Å². The third-order valence-electron chi connectivity index (χ3n) is 8.20. The molecule has 42 heavy (non-hydrogen) atoms. The van der Waals surface area contributed by atoms with E-state index in [-0.39, 0.29) is 28.8 Å².